The second-order valence-corrected chi connectivity index (χ2v) is 8.94. The van der Waals surface area contributed by atoms with Crippen LogP contribution in [0, 0.1) is 6.92 Å². The Morgan fingerprint density at radius 3 is 2.50 bits per heavy atom. The van der Waals surface area contributed by atoms with E-state index in [4.69, 9.17) is 9.15 Å². The van der Waals surface area contributed by atoms with Crippen molar-refractivity contribution in [2.24, 2.45) is 7.05 Å². The Morgan fingerprint density at radius 1 is 1.13 bits per heavy atom. The largest absolute Gasteiger partial charge is 0.457 e. The van der Waals surface area contributed by atoms with Gasteiger partial charge in [0.15, 0.2) is 27.0 Å². The van der Waals surface area contributed by atoms with Gasteiger partial charge in [-0.05, 0) is 49.4 Å². The van der Waals surface area contributed by atoms with Crippen molar-refractivity contribution in [3.63, 3.8) is 0 Å². The van der Waals surface area contributed by atoms with E-state index in [0.717, 1.165) is 6.26 Å². The van der Waals surface area contributed by atoms with Crippen LogP contribution < -0.4 is 10.1 Å². The minimum atomic E-state index is -3.30. The second-order valence-electron chi connectivity index (χ2n) is 6.92. The van der Waals surface area contributed by atoms with Crippen LogP contribution in [0.5, 0.6) is 11.5 Å². The molecule has 4 aromatic rings. The Kier molecular flexibility index (Phi) is 4.83. The number of hydrogen-bond donors (Lipinski definition) is 1. The van der Waals surface area contributed by atoms with E-state index >= 15 is 0 Å². The zero-order chi connectivity index (χ0) is 21.5. The SMILES string of the molecule is Cc1cc2cc(C(=O)Nc3ccn(C)n3)cc(Oc3ccc(S(C)(=O)=O)cc3)c2o1. The Balaban J connectivity index is 1.68. The molecule has 0 fully saturated rings. The molecule has 0 aliphatic carbocycles. The predicted octanol–water partition coefficient (Wildman–Crippen LogP) is 3.92. The molecular formula is C21H19N3O5S. The molecule has 2 heterocycles. The molecule has 2 aromatic heterocycles. The summed E-state index contributed by atoms with van der Waals surface area (Å²) in [5.74, 6) is 1.53. The summed E-state index contributed by atoms with van der Waals surface area (Å²) in [4.78, 5) is 12.9. The van der Waals surface area contributed by atoms with Gasteiger partial charge in [0.1, 0.15) is 11.5 Å². The van der Waals surface area contributed by atoms with Gasteiger partial charge in [0.2, 0.25) is 0 Å². The zero-order valence-corrected chi connectivity index (χ0v) is 17.4. The molecule has 0 radical (unpaired) electrons. The molecular weight excluding hydrogens is 406 g/mol. The molecule has 9 heteroatoms. The van der Waals surface area contributed by atoms with Gasteiger partial charge in [-0.15, -0.1) is 0 Å². The number of carbonyl (C=O) groups excluding carboxylic acids is 1. The van der Waals surface area contributed by atoms with E-state index in [2.05, 4.69) is 10.4 Å². The lowest BCUT2D eigenvalue weighted by Gasteiger charge is -2.09. The maximum absolute atomic E-state index is 12.7. The van der Waals surface area contributed by atoms with Crippen molar-refractivity contribution >= 4 is 32.5 Å². The first-order valence-corrected chi connectivity index (χ1v) is 10.9. The molecule has 1 amide bonds. The Hall–Kier alpha value is -3.59. The highest BCUT2D eigenvalue weighted by Gasteiger charge is 2.16. The number of furan rings is 1. The van der Waals surface area contributed by atoms with Crippen LogP contribution in [0.25, 0.3) is 11.0 Å². The number of anilines is 1. The number of fused-ring (bicyclic) bond motifs is 1. The van der Waals surface area contributed by atoms with Crippen LogP contribution in [0.4, 0.5) is 5.82 Å². The summed E-state index contributed by atoms with van der Waals surface area (Å²) in [6, 6.07) is 12.8. The van der Waals surface area contributed by atoms with Gasteiger partial charge in [-0.2, -0.15) is 5.10 Å². The lowest BCUT2D eigenvalue weighted by molar-refractivity contribution is 0.102. The third-order valence-electron chi connectivity index (χ3n) is 4.40. The van der Waals surface area contributed by atoms with E-state index in [1.165, 1.54) is 12.1 Å². The summed E-state index contributed by atoms with van der Waals surface area (Å²) >= 11 is 0. The number of hydrogen-bond acceptors (Lipinski definition) is 6. The molecule has 154 valence electrons. The van der Waals surface area contributed by atoms with Crippen molar-refractivity contribution in [1.29, 1.82) is 0 Å². The molecule has 0 atom stereocenters. The van der Waals surface area contributed by atoms with Crippen molar-refractivity contribution in [1.82, 2.24) is 9.78 Å². The van der Waals surface area contributed by atoms with Gasteiger partial charge in [0.25, 0.3) is 5.91 Å². The highest BCUT2D eigenvalue weighted by atomic mass is 32.2. The summed E-state index contributed by atoms with van der Waals surface area (Å²) < 4.78 is 36.5. The number of aromatic nitrogens is 2. The van der Waals surface area contributed by atoms with E-state index in [9.17, 15) is 13.2 Å². The maximum atomic E-state index is 12.7. The first kappa shape index (κ1) is 19.7. The van der Waals surface area contributed by atoms with Gasteiger partial charge in [-0.3, -0.25) is 9.48 Å². The van der Waals surface area contributed by atoms with Gasteiger partial charge in [-0.1, -0.05) is 0 Å². The summed E-state index contributed by atoms with van der Waals surface area (Å²) in [5.41, 5.74) is 0.866. The van der Waals surface area contributed by atoms with Crippen LogP contribution >= 0.6 is 0 Å². The van der Waals surface area contributed by atoms with Gasteiger partial charge in [0, 0.05) is 36.5 Å². The Morgan fingerprint density at radius 2 is 1.87 bits per heavy atom. The minimum Gasteiger partial charge on any atom is -0.457 e. The van der Waals surface area contributed by atoms with Crippen LogP contribution in [-0.4, -0.2) is 30.4 Å². The van der Waals surface area contributed by atoms with Crippen molar-refractivity contribution in [2.45, 2.75) is 11.8 Å². The predicted molar refractivity (Wildman–Crippen MR) is 112 cm³/mol. The summed E-state index contributed by atoms with van der Waals surface area (Å²) in [7, 11) is -1.54. The molecule has 1 N–H and O–H groups in total. The van der Waals surface area contributed by atoms with Crippen LogP contribution in [-0.2, 0) is 16.9 Å². The van der Waals surface area contributed by atoms with E-state index in [-0.39, 0.29) is 10.8 Å². The van der Waals surface area contributed by atoms with Gasteiger partial charge in [0.05, 0.1) is 4.90 Å². The molecule has 0 aliphatic rings. The molecule has 2 aromatic carbocycles. The van der Waals surface area contributed by atoms with Crippen LogP contribution in [0.3, 0.4) is 0 Å². The van der Waals surface area contributed by atoms with E-state index in [1.54, 1.807) is 55.2 Å². The first-order valence-electron chi connectivity index (χ1n) is 9.02. The number of amides is 1. The Labute approximate surface area is 173 Å². The monoisotopic (exact) mass is 425 g/mol. The number of nitrogens with zero attached hydrogens (tertiary/aromatic N) is 2. The second kappa shape index (κ2) is 7.34. The van der Waals surface area contributed by atoms with Crippen LogP contribution in [0.1, 0.15) is 16.1 Å². The number of sulfone groups is 1. The van der Waals surface area contributed by atoms with Crippen LogP contribution in [0.15, 0.2) is 64.0 Å². The normalized spacial score (nSPS) is 11.6. The highest BCUT2D eigenvalue weighted by molar-refractivity contribution is 7.90. The fraction of sp³-hybridized carbons (Fsp3) is 0.143. The van der Waals surface area contributed by atoms with E-state index in [1.807, 2.05) is 6.07 Å². The number of aryl methyl sites for hydroxylation is 2. The standard InChI is InChI=1S/C21H19N3O5S/c1-13-10-14-11-15(21(25)22-19-8-9-24(2)23-19)12-18(20(14)28-13)29-16-4-6-17(7-5-16)30(3,26)27/h4-12H,1-3H3,(H,22,23,25). The summed E-state index contributed by atoms with van der Waals surface area (Å²) in [5, 5.41) is 7.60. The molecule has 0 saturated heterocycles. The minimum absolute atomic E-state index is 0.192. The lowest BCUT2D eigenvalue weighted by atomic mass is 10.1. The smallest absolute Gasteiger partial charge is 0.257 e. The first-order chi connectivity index (χ1) is 14.2. The lowest BCUT2D eigenvalue weighted by Crippen LogP contribution is -2.12. The van der Waals surface area contributed by atoms with Crippen molar-refractivity contribution < 1.29 is 22.4 Å². The van der Waals surface area contributed by atoms with Crippen molar-refractivity contribution in [3.05, 3.63) is 66.1 Å². The molecule has 30 heavy (non-hydrogen) atoms. The average molecular weight is 425 g/mol. The van der Waals surface area contributed by atoms with Crippen molar-refractivity contribution in [3.8, 4) is 11.5 Å². The quantitative estimate of drug-likeness (QED) is 0.520. The van der Waals surface area contributed by atoms with E-state index in [0.29, 0.717) is 39.6 Å². The highest BCUT2D eigenvalue weighted by Crippen LogP contribution is 2.34. The topological polar surface area (TPSA) is 103 Å². The molecule has 0 unspecified atom stereocenters. The number of nitrogens with one attached hydrogen (secondary N) is 1. The molecule has 0 spiro atoms. The van der Waals surface area contributed by atoms with Gasteiger partial charge >= 0.3 is 0 Å². The summed E-state index contributed by atoms with van der Waals surface area (Å²) in [6.07, 6.45) is 2.87. The van der Waals surface area contributed by atoms with Gasteiger partial charge < -0.3 is 14.5 Å². The molecule has 0 bridgehead atoms. The van der Waals surface area contributed by atoms with Crippen LogP contribution in [0.2, 0.25) is 0 Å². The van der Waals surface area contributed by atoms with Gasteiger partial charge in [-0.25, -0.2) is 8.42 Å². The molecule has 0 aliphatic heterocycles. The van der Waals surface area contributed by atoms with E-state index < -0.39 is 9.84 Å². The Bertz CT molecular complexity index is 1350. The molecule has 8 nitrogen and oxygen atoms in total. The molecule has 0 saturated carbocycles. The number of ether oxygens (including phenoxy) is 1. The average Bonchev–Trinajstić information content (AvgIpc) is 3.25. The third-order valence-corrected chi connectivity index (χ3v) is 5.53. The fourth-order valence-electron chi connectivity index (χ4n) is 3.01. The number of rotatable bonds is 5. The molecule has 4 rings (SSSR count). The maximum Gasteiger partial charge on any atom is 0.257 e. The van der Waals surface area contributed by atoms with Crippen molar-refractivity contribution in [2.75, 3.05) is 11.6 Å². The number of carbonyl (C=O) groups is 1. The fourth-order valence-corrected chi connectivity index (χ4v) is 3.64. The number of benzene rings is 2. The zero-order valence-electron chi connectivity index (χ0n) is 16.5. The summed E-state index contributed by atoms with van der Waals surface area (Å²) in [6.45, 7) is 1.80. The third kappa shape index (κ3) is 4.06.